The Labute approximate surface area is 257 Å². The molecule has 2 aromatic carbocycles. The fourth-order valence-electron chi connectivity index (χ4n) is 3.04. The Morgan fingerprint density at radius 1 is 0.450 bits per heavy atom. The van der Waals surface area contributed by atoms with Crippen LogP contribution in [0.5, 0.6) is 11.5 Å². The van der Waals surface area contributed by atoms with Crippen LogP contribution in [-0.2, 0) is 29.7 Å². The van der Waals surface area contributed by atoms with Crippen molar-refractivity contribution >= 4 is 41.8 Å². The van der Waals surface area contributed by atoms with E-state index in [4.69, 9.17) is 0 Å². The molecule has 0 aliphatic carbocycles. The third-order valence-corrected chi connectivity index (χ3v) is 5.25. The van der Waals surface area contributed by atoms with Gasteiger partial charge < -0.3 is 10.2 Å². The first-order valence-corrected chi connectivity index (χ1v) is 14.2. The van der Waals surface area contributed by atoms with Gasteiger partial charge in [0.2, 0.25) is 0 Å². The van der Waals surface area contributed by atoms with E-state index >= 15 is 0 Å². The van der Waals surface area contributed by atoms with Gasteiger partial charge in [-0.2, -0.15) is 40.8 Å². The second kappa shape index (κ2) is 18.4. The number of benzene rings is 2. The van der Waals surface area contributed by atoms with Gasteiger partial charge >= 0.3 is 50.0 Å². The summed E-state index contributed by atoms with van der Waals surface area (Å²) in [6.45, 7) is 10.6. The van der Waals surface area contributed by atoms with Crippen molar-refractivity contribution in [3.63, 3.8) is 0 Å². The Bertz CT molecular complexity index is 1340. The molecule has 10 nitrogen and oxygen atoms in total. The monoisotopic (exact) mass is 670 g/mol. The van der Waals surface area contributed by atoms with Gasteiger partial charge in [-0.15, -0.1) is 0 Å². The Morgan fingerprint density at radius 3 is 0.850 bits per heavy atom. The summed E-state index contributed by atoms with van der Waals surface area (Å²) in [5, 5.41) is 59.7. The van der Waals surface area contributed by atoms with Crippen molar-refractivity contribution in [3.05, 3.63) is 83.0 Å². The number of hydrogen-bond donors (Lipinski definition) is 0. The molecule has 3 rings (SSSR count). The van der Waals surface area contributed by atoms with E-state index in [9.17, 15) is 10.2 Å². The Hall–Kier alpha value is -3.01. The van der Waals surface area contributed by atoms with Gasteiger partial charge in [0, 0.05) is 0 Å². The van der Waals surface area contributed by atoms with Crippen molar-refractivity contribution < 1.29 is 39.9 Å². The molecule has 40 heavy (non-hydrogen) atoms. The molecule has 0 atom stereocenters. The topological polar surface area (TPSA) is 149 Å². The summed E-state index contributed by atoms with van der Waals surface area (Å²) >= 11 is 6.07. The third kappa shape index (κ3) is 10.9. The Balaban J connectivity index is 0.00000191. The van der Waals surface area contributed by atoms with Gasteiger partial charge in [0.15, 0.2) is 0 Å². The number of rotatable bonds is 0. The molecule has 1 heterocycles. The molecule has 0 N–H and O–H groups in total. The summed E-state index contributed by atoms with van der Waals surface area (Å²) in [7, 11) is 8.65. The SMILES string of the molecule is Cc1cc2cnnc(C)c(C)nncc3cc(C)cc(cnnc(C)c(C)nncc(c1)c2[O-])c3[O-].[Cl][Co+].[Cl][Co+]. The molecule has 214 valence electrons. The van der Waals surface area contributed by atoms with Crippen molar-refractivity contribution in [2.75, 3.05) is 0 Å². The van der Waals surface area contributed by atoms with E-state index in [2.05, 4.69) is 90.8 Å². The first kappa shape index (κ1) is 35.0. The van der Waals surface area contributed by atoms with Crippen LogP contribution in [0, 0.1) is 41.5 Å². The summed E-state index contributed by atoms with van der Waals surface area (Å²) in [6.07, 6.45) is 5.56. The van der Waals surface area contributed by atoms with Gasteiger partial charge in [-0.25, -0.2) is 0 Å². The van der Waals surface area contributed by atoms with Crippen molar-refractivity contribution in [2.45, 2.75) is 41.5 Å². The van der Waals surface area contributed by atoms with E-state index in [0.29, 0.717) is 44.3 Å². The maximum absolute atomic E-state index is 12.8. The molecule has 0 fully saturated rings. The van der Waals surface area contributed by atoms with Gasteiger partial charge in [0.1, 0.15) is 0 Å². The van der Waals surface area contributed by atoms with E-state index in [-0.39, 0.29) is 11.5 Å². The van der Waals surface area contributed by atoms with E-state index in [1.54, 1.807) is 52.0 Å². The van der Waals surface area contributed by atoms with Crippen molar-refractivity contribution in [1.29, 1.82) is 0 Å². The number of halogens is 2. The van der Waals surface area contributed by atoms with Crippen LogP contribution in [0.4, 0.5) is 0 Å². The fraction of sp³-hybridized carbons (Fsp3) is 0.231. The summed E-state index contributed by atoms with van der Waals surface area (Å²) in [5.41, 5.74) is 3.75. The second-order valence-corrected chi connectivity index (χ2v) is 8.26. The van der Waals surface area contributed by atoms with Crippen LogP contribution in [0.25, 0.3) is 21.5 Å². The van der Waals surface area contributed by atoms with Crippen LogP contribution < -0.4 is 10.2 Å². The Kier molecular flexibility index (Phi) is 16.1. The first-order chi connectivity index (χ1) is 19.2. The molecular weight excluding hydrogens is 645 g/mol. The minimum absolute atomic E-state index is 0.245. The molecule has 0 aliphatic rings. The molecule has 0 radical (unpaired) electrons. The summed E-state index contributed by atoms with van der Waals surface area (Å²) in [6, 6.07) is 6.88. The molecule has 0 aliphatic heterocycles. The fourth-order valence-corrected chi connectivity index (χ4v) is 3.04. The van der Waals surface area contributed by atoms with Crippen LogP contribution in [0.3, 0.4) is 0 Å². The average molecular weight is 671 g/mol. The summed E-state index contributed by atoms with van der Waals surface area (Å²) in [5.74, 6) is -0.489. The number of aromatic nitrogens is 8. The normalized spacial score (nSPS) is 9.45. The average Bonchev–Trinajstić information content (AvgIpc) is 2.94. The van der Waals surface area contributed by atoms with Gasteiger partial charge in [-0.3, -0.25) is 0 Å². The number of fused-ring (bicyclic) bond motifs is 4. The van der Waals surface area contributed by atoms with Crippen LogP contribution in [0.1, 0.15) is 33.9 Å². The number of aryl methyl sites for hydroxylation is 6. The molecule has 4 bridgehead atoms. The van der Waals surface area contributed by atoms with Crippen molar-refractivity contribution in [1.82, 2.24) is 40.8 Å². The number of hydrogen-bond acceptors (Lipinski definition) is 10. The molecule has 0 saturated heterocycles. The zero-order valence-corrected chi connectivity index (χ0v) is 26.0. The standard InChI is InChI=1S/C26H28N8O2.2ClH.2Co/c1-15-7-21-11-27-31-17(3)19(5)33-29-13-23-9-16(2)10-24(26(23)36)14-30-34-20(6)18(4)32-28-12-22(8-15)25(21)35;;;;/h7-14,35-36H,1-6H3;2*1H;;/q;;;2*+2/p-4. The van der Waals surface area contributed by atoms with Crippen molar-refractivity contribution in [2.24, 2.45) is 0 Å². The molecule has 0 spiro atoms. The van der Waals surface area contributed by atoms with E-state index in [1.807, 2.05) is 13.8 Å². The van der Waals surface area contributed by atoms with Crippen LogP contribution in [0.2, 0.25) is 0 Å². The van der Waals surface area contributed by atoms with Gasteiger partial charge in [-0.05, 0) is 74.2 Å². The predicted molar refractivity (Wildman–Crippen MR) is 145 cm³/mol. The molecule has 1 aromatic heterocycles. The minimum atomic E-state index is -0.245. The van der Waals surface area contributed by atoms with E-state index in [0.717, 1.165) is 11.1 Å². The molecule has 3 aromatic rings. The Morgan fingerprint density at radius 2 is 0.650 bits per heavy atom. The van der Waals surface area contributed by atoms with E-state index in [1.165, 1.54) is 24.8 Å². The molecular formula is C26H26Cl2Co2N8O2. The van der Waals surface area contributed by atoms with Gasteiger partial charge in [0.05, 0.1) is 47.6 Å². The van der Waals surface area contributed by atoms with Crippen LogP contribution >= 0.6 is 20.3 Å². The maximum atomic E-state index is 12.8. The summed E-state index contributed by atoms with van der Waals surface area (Å²) < 4.78 is 0. The van der Waals surface area contributed by atoms with Gasteiger partial charge in [-0.1, -0.05) is 35.8 Å². The summed E-state index contributed by atoms with van der Waals surface area (Å²) in [4.78, 5) is 0. The van der Waals surface area contributed by atoms with E-state index < -0.39 is 0 Å². The van der Waals surface area contributed by atoms with Crippen LogP contribution in [-0.4, -0.2) is 40.8 Å². The molecule has 0 amide bonds. The van der Waals surface area contributed by atoms with Gasteiger partial charge in [0.25, 0.3) is 0 Å². The quantitative estimate of drug-likeness (QED) is 0.335. The van der Waals surface area contributed by atoms with Crippen molar-refractivity contribution in [3.8, 4) is 11.5 Å². The molecule has 0 unspecified atom stereocenters. The predicted octanol–water partition coefficient (Wildman–Crippen LogP) is 4.46. The first-order valence-electron chi connectivity index (χ1n) is 11.4. The van der Waals surface area contributed by atoms with Crippen LogP contribution in [0.15, 0.2) is 49.1 Å². The third-order valence-electron chi connectivity index (χ3n) is 5.25. The zero-order chi connectivity index (χ0) is 30.2. The second-order valence-electron chi connectivity index (χ2n) is 8.26. The molecule has 0 saturated carbocycles. The number of nitrogens with zero attached hydrogens (tertiary/aromatic N) is 8. The zero-order valence-electron chi connectivity index (χ0n) is 22.4. The molecule has 14 heteroatoms.